The van der Waals surface area contributed by atoms with Crippen molar-refractivity contribution in [2.24, 2.45) is 0 Å². The van der Waals surface area contributed by atoms with Crippen LogP contribution in [0.15, 0.2) is 22.7 Å². The van der Waals surface area contributed by atoms with Crippen LogP contribution in [0.25, 0.3) is 0 Å². The maximum atomic E-state index is 11.8. The molecular weight excluding hydrogens is 286 g/mol. The number of nitrogens with one attached hydrogen (secondary N) is 1. The monoisotopic (exact) mass is 299 g/mol. The van der Waals surface area contributed by atoms with Crippen LogP contribution in [0.2, 0.25) is 0 Å². The van der Waals surface area contributed by atoms with E-state index in [2.05, 4.69) is 21.2 Å². The molecule has 5 heteroatoms. The number of halogens is 1. The lowest BCUT2D eigenvalue weighted by Gasteiger charge is -2.12. The van der Waals surface area contributed by atoms with Crippen LogP contribution in [0.1, 0.15) is 29.3 Å². The summed E-state index contributed by atoms with van der Waals surface area (Å²) in [5.41, 5.74) is 1.47. The standard InChI is InChI=1S/C12H14BrNO3/c1-3-10(12(16)17)14-11(15)8-5-4-7(2)9(13)6-8/h4-6,10H,3H2,1-2H3,(H,14,15)(H,16,17). The van der Waals surface area contributed by atoms with Gasteiger partial charge in [0.25, 0.3) is 5.91 Å². The summed E-state index contributed by atoms with van der Waals surface area (Å²) < 4.78 is 0.827. The van der Waals surface area contributed by atoms with E-state index in [0.29, 0.717) is 12.0 Å². The topological polar surface area (TPSA) is 66.4 Å². The minimum Gasteiger partial charge on any atom is -0.480 e. The molecule has 1 rings (SSSR count). The molecule has 17 heavy (non-hydrogen) atoms. The Morgan fingerprint density at radius 2 is 2.12 bits per heavy atom. The molecule has 2 N–H and O–H groups in total. The van der Waals surface area contributed by atoms with Gasteiger partial charge in [0.1, 0.15) is 6.04 Å². The predicted molar refractivity (Wildman–Crippen MR) is 68.1 cm³/mol. The van der Waals surface area contributed by atoms with Gasteiger partial charge in [0.2, 0.25) is 0 Å². The lowest BCUT2D eigenvalue weighted by molar-refractivity contribution is -0.139. The zero-order chi connectivity index (χ0) is 13.0. The van der Waals surface area contributed by atoms with Crippen LogP contribution in [-0.2, 0) is 4.79 Å². The van der Waals surface area contributed by atoms with Crippen molar-refractivity contribution in [2.75, 3.05) is 0 Å². The van der Waals surface area contributed by atoms with Crippen LogP contribution >= 0.6 is 15.9 Å². The van der Waals surface area contributed by atoms with Gasteiger partial charge < -0.3 is 10.4 Å². The molecule has 1 atom stereocenters. The van der Waals surface area contributed by atoms with Crippen LogP contribution in [0, 0.1) is 6.92 Å². The number of aliphatic carboxylic acids is 1. The van der Waals surface area contributed by atoms with Crippen LogP contribution in [0.4, 0.5) is 0 Å². The lowest BCUT2D eigenvalue weighted by Crippen LogP contribution is -2.40. The number of carboxylic acids is 1. The zero-order valence-corrected chi connectivity index (χ0v) is 11.2. The molecule has 1 aromatic rings. The highest BCUT2D eigenvalue weighted by atomic mass is 79.9. The second-order valence-corrected chi connectivity index (χ2v) is 4.59. The van der Waals surface area contributed by atoms with Gasteiger partial charge in [-0.2, -0.15) is 0 Å². The molecule has 0 heterocycles. The number of benzene rings is 1. The van der Waals surface area contributed by atoms with Gasteiger partial charge in [-0.25, -0.2) is 4.79 Å². The fourth-order valence-corrected chi connectivity index (χ4v) is 1.69. The van der Waals surface area contributed by atoms with E-state index in [1.54, 1.807) is 25.1 Å². The molecular formula is C12H14BrNO3. The molecule has 0 fully saturated rings. The summed E-state index contributed by atoms with van der Waals surface area (Å²) in [6, 6.07) is 4.31. The average molecular weight is 300 g/mol. The molecule has 4 nitrogen and oxygen atoms in total. The van der Waals surface area contributed by atoms with Gasteiger partial charge in [0.15, 0.2) is 0 Å². The van der Waals surface area contributed by atoms with E-state index >= 15 is 0 Å². The van der Waals surface area contributed by atoms with Gasteiger partial charge >= 0.3 is 5.97 Å². The van der Waals surface area contributed by atoms with Gasteiger partial charge in [-0.1, -0.05) is 28.9 Å². The van der Waals surface area contributed by atoms with Crippen molar-refractivity contribution >= 4 is 27.8 Å². The fourth-order valence-electron chi connectivity index (χ4n) is 1.31. The van der Waals surface area contributed by atoms with Crippen LogP contribution in [0.5, 0.6) is 0 Å². The van der Waals surface area contributed by atoms with Gasteiger partial charge in [-0.05, 0) is 31.0 Å². The third kappa shape index (κ3) is 3.56. The number of carbonyl (C=O) groups excluding carboxylic acids is 1. The third-order valence-electron chi connectivity index (χ3n) is 2.45. The number of aryl methyl sites for hydroxylation is 1. The summed E-state index contributed by atoms with van der Waals surface area (Å²) in [5, 5.41) is 11.3. The zero-order valence-electron chi connectivity index (χ0n) is 9.66. The Morgan fingerprint density at radius 3 is 2.59 bits per heavy atom. The highest BCUT2D eigenvalue weighted by molar-refractivity contribution is 9.10. The highest BCUT2D eigenvalue weighted by Gasteiger charge is 2.18. The Balaban J connectivity index is 2.82. The van der Waals surface area contributed by atoms with E-state index in [-0.39, 0.29) is 5.91 Å². The van der Waals surface area contributed by atoms with Crippen molar-refractivity contribution in [2.45, 2.75) is 26.3 Å². The number of amides is 1. The van der Waals surface area contributed by atoms with E-state index in [9.17, 15) is 9.59 Å². The number of carboxylic acid groups (broad SMARTS) is 1. The minimum atomic E-state index is -1.02. The van der Waals surface area contributed by atoms with Crippen molar-refractivity contribution in [1.82, 2.24) is 5.32 Å². The van der Waals surface area contributed by atoms with Crippen molar-refractivity contribution in [3.63, 3.8) is 0 Å². The summed E-state index contributed by atoms with van der Waals surface area (Å²) in [6.07, 6.45) is 0.355. The summed E-state index contributed by atoms with van der Waals surface area (Å²) >= 11 is 3.33. The number of hydrogen-bond acceptors (Lipinski definition) is 2. The molecule has 0 saturated carbocycles. The van der Waals surface area contributed by atoms with Crippen molar-refractivity contribution in [3.05, 3.63) is 33.8 Å². The molecule has 0 saturated heterocycles. The number of rotatable bonds is 4. The van der Waals surface area contributed by atoms with Crippen molar-refractivity contribution in [3.8, 4) is 0 Å². The molecule has 0 bridgehead atoms. The summed E-state index contributed by atoms with van der Waals surface area (Å²) in [7, 11) is 0. The Bertz CT molecular complexity index is 445. The fraction of sp³-hybridized carbons (Fsp3) is 0.333. The van der Waals surface area contributed by atoms with Gasteiger partial charge in [-0.15, -0.1) is 0 Å². The van der Waals surface area contributed by atoms with Gasteiger partial charge in [0, 0.05) is 10.0 Å². The molecule has 0 radical (unpaired) electrons. The number of hydrogen-bond donors (Lipinski definition) is 2. The van der Waals surface area contributed by atoms with E-state index in [1.807, 2.05) is 6.92 Å². The quantitative estimate of drug-likeness (QED) is 0.897. The molecule has 0 aliphatic carbocycles. The average Bonchev–Trinajstić information content (AvgIpc) is 2.28. The van der Waals surface area contributed by atoms with Crippen LogP contribution < -0.4 is 5.32 Å². The van der Waals surface area contributed by atoms with Crippen molar-refractivity contribution < 1.29 is 14.7 Å². The second kappa shape index (κ2) is 5.82. The first-order valence-corrected chi connectivity index (χ1v) is 6.04. The highest BCUT2D eigenvalue weighted by Crippen LogP contribution is 2.17. The molecule has 92 valence electrons. The summed E-state index contributed by atoms with van der Waals surface area (Å²) in [6.45, 7) is 3.63. The molecule has 0 aliphatic rings. The predicted octanol–water partition coefficient (Wildman–Crippen LogP) is 2.35. The maximum absolute atomic E-state index is 11.8. The Morgan fingerprint density at radius 1 is 1.47 bits per heavy atom. The molecule has 1 amide bonds. The first-order valence-electron chi connectivity index (χ1n) is 5.25. The molecule has 0 aliphatic heterocycles. The Kier molecular flexibility index (Phi) is 4.69. The Labute approximate surface area is 108 Å². The first kappa shape index (κ1) is 13.7. The normalized spacial score (nSPS) is 11.9. The largest absolute Gasteiger partial charge is 0.480 e. The Hall–Kier alpha value is -1.36. The van der Waals surface area contributed by atoms with E-state index in [0.717, 1.165) is 10.0 Å². The summed E-state index contributed by atoms with van der Waals surface area (Å²) in [5.74, 6) is -1.40. The molecule has 0 spiro atoms. The lowest BCUT2D eigenvalue weighted by atomic mass is 10.1. The van der Waals surface area contributed by atoms with E-state index in [1.165, 1.54) is 0 Å². The van der Waals surface area contributed by atoms with Crippen LogP contribution in [0.3, 0.4) is 0 Å². The number of carbonyl (C=O) groups is 2. The molecule has 1 aromatic carbocycles. The van der Waals surface area contributed by atoms with E-state index < -0.39 is 12.0 Å². The smallest absolute Gasteiger partial charge is 0.326 e. The SMILES string of the molecule is CCC(NC(=O)c1ccc(C)c(Br)c1)C(=O)O. The molecule has 0 aromatic heterocycles. The maximum Gasteiger partial charge on any atom is 0.326 e. The van der Waals surface area contributed by atoms with E-state index in [4.69, 9.17) is 5.11 Å². The van der Waals surface area contributed by atoms with Gasteiger partial charge in [0.05, 0.1) is 0 Å². The first-order chi connectivity index (χ1) is 7.95. The third-order valence-corrected chi connectivity index (χ3v) is 3.30. The minimum absolute atomic E-state index is 0.355. The van der Waals surface area contributed by atoms with Gasteiger partial charge in [-0.3, -0.25) is 4.79 Å². The molecule has 1 unspecified atom stereocenters. The second-order valence-electron chi connectivity index (χ2n) is 3.74. The van der Waals surface area contributed by atoms with Crippen LogP contribution in [-0.4, -0.2) is 23.0 Å². The van der Waals surface area contributed by atoms with Crippen molar-refractivity contribution in [1.29, 1.82) is 0 Å². The summed E-state index contributed by atoms with van der Waals surface area (Å²) in [4.78, 5) is 22.6.